The van der Waals surface area contributed by atoms with Crippen LogP contribution < -0.4 is 26.2 Å². The minimum atomic E-state index is -0.534. The number of rotatable bonds is 10. The molecule has 0 atom stereocenters. The van der Waals surface area contributed by atoms with E-state index in [2.05, 4.69) is 437 Å². The zero-order valence-electron chi connectivity index (χ0n) is 69.1. The molecule has 6 heteroatoms. The molecule has 570 valence electrons. The third-order valence-corrected chi connectivity index (χ3v) is 25.2. The molecule has 0 saturated heterocycles. The third-order valence-electron chi connectivity index (χ3n) is 25.2. The van der Waals surface area contributed by atoms with E-state index in [0.717, 1.165) is 172 Å². The average molecular weight is 1520 g/mol. The molecule has 0 unspecified atom stereocenters. The monoisotopic (exact) mass is 1520 g/mol. The number of anilines is 6. The SMILES string of the molecule is CC(C)(C)c1ccc(-c2cc3c(c4oc5ccccc5c24)B2c4c(cc(-n5c6ccc(C(C)(C)C)cc6c6cc(C(C)(C)C)ccc65)cc4N(c4c(-c5ccccc5)cccc4-c4ccccc4)c4cc(-c5ccc(C(C)(C)C)cc5)c5c(oc6ccccc65)c42)N3c2ccc(-c3c(-c4ccccc4)cccc3-c3ccccc3)cc2)cc1. The summed E-state index contributed by atoms with van der Waals surface area (Å²) in [5.41, 5.74) is 36.3. The summed E-state index contributed by atoms with van der Waals surface area (Å²) in [5.74, 6) is 0. The zero-order valence-corrected chi connectivity index (χ0v) is 69.1. The number of benzene rings is 16. The number of para-hydroxylation sites is 3. The van der Waals surface area contributed by atoms with Crippen LogP contribution >= 0.6 is 0 Å². The molecule has 118 heavy (non-hydrogen) atoms. The Balaban J connectivity index is 0.972. The van der Waals surface area contributed by atoms with Crippen LogP contribution in [-0.4, -0.2) is 11.3 Å². The molecule has 16 aromatic carbocycles. The molecular weight excluding hydrogens is 1430 g/mol. The van der Waals surface area contributed by atoms with Crippen molar-refractivity contribution >= 4 is 123 Å². The van der Waals surface area contributed by atoms with Gasteiger partial charge in [0.25, 0.3) is 6.71 Å². The predicted octanol–water partition coefficient (Wildman–Crippen LogP) is 29.5. The molecule has 5 nitrogen and oxygen atoms in total. The Hall–Kier alpha value is -13.4. The van der Waals surface area contributed by atoms with Gasteiger partial charge in [-0.25, -0.2) is 0 Å². The van der Waals surface area contributed by atoms with Gasteiger partial charge in [-0.2, -0.15) is 0 Å². The molecule has 21 rings (SSSR count). The summed E-state index contributed by atoms with van der Waals surface area (Å²) < 4.78 is 18.5. The van der Waals surface area contributed by atoms with E-state index in [-0.39, 0.29) is 21.7 Å². The molecule has 5 heterocycles. The molecule has 0 N–H and O–H groups in total. The lowest BCUT2D eigenvalue weighted by molar-refractivity contribution is 0.590. The van der Waals surface area contributed by atoms with Crippen LogP contribution in [0.2, 0.25) is 0 Å². The Morgan fingerprint density at radius 2 is 0.585 bits per heavy atom. The van der Waals surface area contributed by atoms with E-state index >= 15 is 0 Å². The summed E-state index contributed by atoms with van der Waals surface area (Å²) in [5, 5.41) is 6.67. The van der Waals surface area contributed by atoms with Crippen LogP contribution in [0.4, 0.5) is 34.1 Å². The Morgan fingerprint density at radius 3 is 1.00 bits per heavy atom. The van der Waals surface area contributed by atoms with Crippen LogP contribution in [0.1, 0.15) is 105 Å². The summed E-state index contributed by atoms with van der Waals surface area (Å²) in [7, 11) is 0. The second kappa shape index (κ2) is 27.1. The van der Waals surface area contributed by atoms with Gasteiger partial charge >= 0.3 is 0 Å². The van der Waals surface area contributed by atoms with Crippen molar-refractivity contribution in [1.29, 1.82) is 0 Å². The van der Waals surface area contributed by atoms with Gasteiger partial charge in [-0.3, -0.25) is 0 Å². The number of hydrogen-bond donors (Lipinski definition) is 0. The van der Waals surface area contributed by atoms with E-state index in [9.17, 15) is 0 Å². The highest BCUT2D eigenvalue weighted by molar-refractivity contribution is 7.03. The zero-order chi connectivity index (χ0) is 80.4. The van der Waals surface area contributed by atoms with Gasteiger partial charge in [0.15, 0.2) is 0 Å². The van der Waals surface area contributed by atoms with Crippen molar-refractivity contribution in [3.63, 3.8) is 0 Å². The molecule has 19 aromatic rings. The van der Waals surface area contributed by atoms with Crippen molar-refractivity contribution in [1.82, 2.24) is 4.57 Å². The molecule has 2 aliphatic rings. The first kappa shape index (κ1) is 72.3. The number of nitrogens with zero attached hydrogens (tertiary/aromatic N) is 3. The fourth-order valence-corrected chi connectivity index (χ4v) is 19.2. The molecule has 0 saturated carbocycles. The van der Waals surface area contributed by atoms with Gasteiger partial charge in [-0.15, -0.1) is 0 Å². The van der Waals surface area contributed by atoms with Crippen LogP contribution in [-0.2, 0) is 21.7 Å². The summed E-state index contributed by atoms with van der Waals surface area (Å²) >= 11 is 0. The highest BCUT2D eigenvalue weighted by Crippen LogP contribution is 2.56. The highest BCUT2D eigenvalue weighted by Gasteiger charge is 2.49. The molecule has 0 radical (unpaired) electrons. The van der Waals surface area contributed by atoms with E-state index in [0.29, 0.717) is 0 Å². The molecule has 0 spiro atoms. The first-order chi connectivity index (χ1) is 57.1. The van der Waals surface area contributed by atoms with Gasteiger partial charge in [-0.05, 0) is 200 Å². The quantitative estimate of drug-likeness (QED) is 0.128. The van der Waals surface area contributed by atoms with Crippen LogP contribution in [0.15, 0.2) is 349 Å². The maximum atomic E-state index is 7.95. The van der Waals surface area contributed by atoms with Crippen LogP contribution in [0.25, 0.3) is 149 Å². The predicted molar refractivity (Wildman–Crippen MR) is 502 cm³/mol. The van der Waals surface area contributed by atoms with Crippen LogP contribution in [0.5, 0.6) is 0 Å². The second-order valence-corrected chi connectivity index (χ2v) is 36.7. The second-order valence-electron chi connectivity index (χ2n) is 36.7. The van der Waals surface area contributed by atoms with E-state index in [1.807, 2.05) is 0 Å². The molecule has 0 fully saturated rings. The van der Waals surface area contributed by atoms with Crippen molar-refractivity contribution < 1.29 is 8.83 Å². The van der Waals surface area contributed by atoms with Gasteiger partial charge in [0, 0.05) is 71.9 Å². The van der Waals surface area contributed by atoms with Crippen LogP contribution in [0, 0.1) is 0 Å². The maximum absolute atomic E-state index is 7.95. The van der Waals surface area contributed by atoms with E-state index < -0.39 is 6.71 Å². The fraction of sp³-hybridized carbons (Fsp3) is 0.143. The minimum absolute atomic E-state index is 0.0822. The Morgan fingerprint density at radius 1 is 0.246 bits per heavy atom. The maximum Gasteiger partial charge on any atom is 0.261 e. The van der Waals surface area contributed by atoms with Crippen LogP contribution in [0.3, 0.4) is 0 Å². The minimum Gasteiger partial charge on any atom is -0.456 e. The molecule has 3 aromatic heterocycles. The Labute approximate surface area is 691 Å². The number of furan rings is 2. The van der Waals surface area contributed by atoms with Gasteiger partial charge in [0.05, 0.1) is 22.4 Å². The Kier molecular flexibility index (Phi) is 16.6. The first-order valence-corrected chi connectivity index (χ1v) is 41.7. The standard InChI is InChI=1S/C112H92BN3O2/c1-109(2,3)76-53-47-73(48-54-76)88-67-96-104(107-101(88)86-39-25-27-45-98(86)117-107)113-103-94(114(96)80-59-51-75(52-60-80)100-82(69-31-17-13-18-32-69)41-29-42-83(100)70-33-19-14-20-34-70)65-81(115-92-61-57-78(111(7,8)9)63-90(92)91-64-79(112(10,11)12)58-62-93(91)115)66-95(103)116(106-84(71-35-21-15-22-36-71)43-30-44-85(106)72-37-23-16-24-38-72)97-68-89(74-49-55-77(56-50-74)110(4,5)6)102-87-40-26-28-46-99(87)118-108(102)105(97)113/h13-68H,1-12H3. The van der Waals surface area contributed by atoms with Crippen molar-refractivity contribution in [2.24, 2.45) is 0 Å². The lowest BCUT2D eigenvalue weighted by Gasteiger charge is -2.45. The fourth-order valence-electron chi connectivity index (χ4n) is 19.2. The summed E-state index contributed by atoms with van der Waals surface area (Å²) in [6.45, 7) is 27.3. The first-order valence-electron chi connectivity index (χ1n) is 41.7. The molecule has 2 aliphatic heterocycles. The van der Waals surface area contributed by atoms with Crippen molar-refractivity contribution in [2.75, 3.05) is 9.80 Å². The number of fused-ring (bicyclic) bond motifs is 15. The molecule has 0 bridgehead atoms. The summed E-state index contributed by atoms with van der Waals surface area (Å²) in [6.07, 6.45) is 0. The van der Waals surface area contributed by atoms with E-state index in [1.54, 1.807) is 0 Å². The number of hydrogen-bond acceptors (Lipinski definition) is 4. The largest absolute Gasteiger partial charge is 0.456 e. The lowest BCUT2D eigenvalue weighted by atomic mass is 9.33. The van der Waals surface area contributed by atoms with Crippen molar-refractivity contribution in [3.05, 3.63) is 362 Å². The molecular formula is C112H92BN3O2. The molecule has 0 aliphatic carbocycles. The van der Waals surface area contributed by atoms with Gasteiger partial charge < -0.3 is 23.2 Å². The normalized spacial score (nSPS) is 13.0. The smallest absolute Gasteiger partial charge is 0.261 e. The Bertz CT molecular complexity index is 7040. The summed E-state index contributed by atoms with van der Waals surface area (Å²) in [6, 6.07) is 128. The van der Waals surface area contributed by atoms with E-state index in [1.165, 1.54) is 49.7 Å². The highest BCUT2D eigenvalue weighted by atomic mass is 16.3. The average Bonchev–Trinajstić information content (AvgIpc) is 1.25. The van der Waals surface area contributed by atoms with Gasteiger partial charge in [-0.1, -0.05) is 350 Å². The van der Waals surface area contributed by atoms with E-state index in [4.69, 9.17) is 8.83 Å². The third kappa shape index (κ3) is 11.7. The lowest BCUT2D eigenvalue weighted by Crippen LogP contribution is -2.61. The summed E-state index contributed by atoms with van der Waals surface area (Å²) in [4.78, 5) is 5.30. The molecule has 0 amide bonds. The van der Waals surface area contributed by atoms with Crippen molar-refractivity contribution in [3.8, 4) is 83.6 Å². The van der Waals surface area contributed by atoms with Crippen molar-refractivity contribution in [2.45, 2.75) is 105 Å². The topological polar surface area (TPSA) is 37.7 Å². The van der Waals surface area contributed by atoms with Gasteiger partial charge in [0.1, 0.15) is 22.3 Å². The van der Waals surface area contributed by atoms with Gasteiger partial charge in [0.2, 0.25) is 0 Å². The number of aromatic nitrogens is 1.